The summed E-state index contributed by atoms with van der Waals surface area (Å²) in [6.45, 7) is 6.41. The standard InChI is InChI=1S/C19H25NO2/c1-4-6-8-14-18(17(11-5-2)19(21)22-3)20-15-16-12-9-7-10-13-16/h4-7,9-10,12-13,20H,2,8,11,14-15H2,1,3H3/b6-4+,18-17+. The molecule has 1 N–H and O–H groups in total. The van der Waals surface area contributed by atoms with Crippen LogP contribution < -0.4 is 5.32 Å². The molecule has 1 aromatic carbocycles. The topological polar surface area (TPSA) is 38.3 Å². The molecule has 1 rings (SSSR count). The molecule has 1 aromatic rings. The Morgan fingerprint density at radius 1 is 1.32 bits per heavy atom. The summed E-state index contributed by atoms with van der Waals surface area (Å²) in [6, 6.07) is 10.1. The van der Waals surface area contributed by atoms with Gasteiger partial charge >= 0.3 is 5.97 Å². The van der Waals surface area contributed by atoms with Crippen molar-refractivity contribution in [2.75, 3.05) is 7.11 Å². The van der Waals surface area contributed by atoms with Crippen LogP contribution in [-0.4, -0.2) is 13.1 Å². The van der Waals surface area contributed by atoms with Crippen molar-refractivity contribution >= 4 is 5.97 Å². The van der Waals surface area contributed by atoms with Crippen LogP contribution in [0.4, 0.5) is 0 Å². The first-order valence-electron chi connectivity index (χ1n) is 7.53. The number of esters is 1. The second-order valence-corrected chi connectivity index (χ2v) is 4.89. The zero-order valence-corrected chi connectivity index (χ0v) is 13.5. The van der Waals surface area contributed by atoms with E-state index >= 15 is 0 Å². The van der Waals surface area contributed by atoms with Crippen LogP contribution in [-0.2, 0) is 16.1 Å². The van der Waals surface area contributed by atoms with Gasteiger partial charge in [-0.25, -0.2) is 4.79 Å². The third kappa shape index (κ3) is 6.00. The number of allylic oxidation sites excluding steroid dienone is 4. The van der Waals surface area contributed by atoms with E-state index in [2.05, 4.69) is 30.1 Å². The molecule has 0 aliphatic heterocycles. The average Bonchev–Trinajstić information content (AvgIpc) is 2.56. The largest absolute Gasteiger partial charge is 0.466 e. The van der Waals surface area contributed by atoms with Gasteiger partial charge in [0, 0.05) is 12.2 Å². The second kappa shape index (κ2) is 10.4. The van der Waals surface area contributed by atoms with Crippen molar-refractivity contribution in [2.24, 2.45) is 0 Å². The molecule has 0 heterocycles. The van der Waals surface area contributed by atoms with E-state index in [-0.39, 0.29) is 5.97 Å². The number of rotatable bonds is 9. The second-order valence-electron chi connectivity index (χ2n) is 4.89. The fourth-order valence-corrected chi connectivity index (χ4v) is 2.14. The van der Waals surface area contributed by atoms with Crippen LogP contribution in [0, 0.1) is 0 Å². The molecule has 0 radical (unpaired) electrons. The minimum atomic E-state index is -0.295. The monoisotopic (exact) mass is 299 g/mol. The maximum atomic E-state index is 12.0. The third-order valence-electron chi connectivity index (χ3n) is 3.29. The first-order valence-corrected chi connectivity index (χ1v) is 7.53. The lowest BCUT2D eigenvalue weighted by Gasteiger charge is -2.15. The molecule has 0 atom stereocenters. The smallest absolute Gasteiger partial charge is 0.335 e. The van der Waals surface area contributed by atoms with Gasteiger partial charge in [-0.05, 0) is 31.7 Å². The zero-order chi connectivity index (χ0) is 16.2. The first-order chi connectivity index (χ1) is 10.7. The van der Waals surface area contributed by atoms with Crippen molar-refractivity contribution in [1.29, 1.82) is 0 Å². The van der Waals surface area contributed by atoms with Gasteiger partial charge in [-0.2, -0.15) is 0 Å². The Morgan fingerprint density at radius 2 is 2.05 bits per heavy atom. The molecule has 118 valence electrons. The number of hydrogen-bond donors (Lipinski definition) is 1. The Kier molecular flexibility index (Phi) is 8.43. The van der Waals surface area contributed by atoms with E-state index in [1.54, 1.807) is 6.08 Å². The fraction of sp³-hybridized carbons (Fsp3) is 0.316. The number of ether oxygens (including phenoxy) is 1. The predicted molar refractivity (Wildman–Crippen MR) is 91.2 cm³/mol. The summed E-state index contributed by atoms with van der Waals surface area (Å²) in [7, 11) is 1.41. The maximum Gasteiger partial charge on any atom is 0.335 e. The molecule has 0 bridgehead atoms. The number of hydrogen-bond acceptors (Lipinski definition) is 3. The van der Waals surface area contributed by atoms with Crippen molar-refractivity contribution in [3.63, 3.8) is 0 Å². The lowest BCUT2D eigenvalue weighted by atomic mass is 10.1. The number of nitrogens with one attached hydrogen (secondary N) is 1. The average molecular weight is 299 g/mol. The van der Waals surface area contributed by atoms with Crippen LogP contribution in [0.25, 0.3) is 0 Å². The highest BCUT2D eigenvalue weighted by molar-refractivity contribution is 5.89. The van der Waals surface area contributed by atoms with Gasteiger partial charge in [0.1, 0.15) is 0 Å². The van der Waals surface area contributed by atoms with Gasteiger partial charge in [-0.1, -0.05) is 48.6 Å². The van der Waals surface area contributed by atoms with Gasteiger partial charge in [-0.15, -0.1) is 6.58 Å². The van der Waals surface area contributed by atoms with Crippen molar-refractivity contribution in [3.8, 4) is 0 Å². The molecule has 0 aliphatic carbocycles. The summed E-state index contributed by atoms with van der Waals surface area (Å²) in [5.74, 6) is -0.295. The Morgan fingerprint density at radius 3 is 2.64 bits per heavy atom. The Bertz CT molecular complexity index is 530. The van der Waals surface area contributed by atoms with Crippen molar-refractivity contribution in [2.45, 2.75) is 32.7 Å². The van der Waals surface area contributed by atoms with E-state index in [0.29, 0.717) is 18.5 Å². The highest BCUT2D eigenvalue weighted by Gasteiger charge is 2.14. The highest BCUT2D eigenvalue weighted by Crippen LogP contribution is 2.16. The van der Waals surface area contributed by atoms with Gasteiger partial charge in [0.25, 0.3) is 0 Å². The van der Waals surface area contributed by atoms with Gasteiger partial charge in [0.15, 0.2) is 0 Å². The number of benzene rings is 1. The van der Waals surface area contributed by atoms with E-state index in [0.717, 1.165) is 18.5 Å². The number of carbonyl (C=O) groups is 1. The van der Waals surface area contributed by atoms with Gasteiger partial charge < -0.3 is 10.1 Å². The summed E-state index contributed by atoms with van der Waals surface area (Å²) in [4.78, 5) is 12.0. The fourth-order valence-electron chi connectivity index (χ4n) is 2.14. The van der Waals surface area contributed by atoms with E-state index < -0.39 is 0 Å². The molecule has 0 fully saturated rings. The molecule has 0 saturated carbocycles. The molecule has 0 aromatic heterocycles. The lowest BCUT2D eigenvalue weighted by Crippen LogP contribution is -2.19. The van der Waals surface area contributed by atoms with E-state index in [4.69, 9.17) is 4.74 Å². The van der Waals surface area contributed by atoms with Gasteiger partial charge in [0.05, 0.1) is 12.7 Å². The van der Waals surface area contributed by atoms with Crippen LogP contribution in [0.5, 0.6) is 0 Å². The molecule has 0 spiro atoms. The summed E-state index contributed by atoms with van der Waals surface area (Å²) < 4.78 is 4.90. The van der Waals surface area contributed by atoms with Crippen LogP contribution in [0.15, 0.2) is 66.4 Å². The van der Waals surface area contributed by atoms with E-state index in [9.17, 15) is 4.79 Å². The van der Waals surface area contributed by atoms with Crippen molar-refractivity contribution in [1.82, 2.24) is 5.32 Å². The quantitative estimate of drug-likeness (QED) is 0.423. The minimum Gasteiger partial charge on any atom is -0.466 e. The van der Waals surface area contributed by atoms with Crippen LogP contribution >= 0.6 is 0 Å². The molecular weight excluding hydrogens is 274 g/mol. The van der Waals surface area contributed by atoms with Crippen LogP contribution in [0.1, 0.15) is 31.7 Å². The van der Waals surface area contributed by atoms with E-state index in [1.165, 1.54) is 12.7 Å². The molecule has 22 heavy (non-hydrogen) atoms. The molecule has 3 nitrogen and oxygen atoms in total. The Labute approximate surface area is 133 Å². The SMILES string of the molecule is C=CC/C(C(=O)OC)=C(/CC/C=C/C)NCc1ccccc1. The highest BCUT2D eigenvalue weighted by atomic mass is 16.5. The maximum absolute atomic E-state index is 12.0. The molecular formula is C19H25NO2. The lowest BCUT2D eigenvalue weighted by molar-refractivity contribution is -0.136. The summed E-state index contributed by atoms with van der Waals surface area (Å²) in [5.41, 5.74) is 2.75. The van der Waals surface area contributed by atoms with Crippen LogP contribution in [0.2, 0.25) is 0 Å². The Hall–Kier alpha value is -2.29. The summed E-state index contributed by atoms with van der Waals surface area (Å²) >= 11 is 0. The number of carbonyl (C=O) groups excluding carboxylic acids is 1. The van der Waals surface area contributed by atoms with Gasteiger partial charge in [-0.3, -0.25) is 0 Å². The van der Waals surface area contributed by atoms with Crippen molar-refractivity contribution < 1.29 is 9.53 Å². The summed E-state index contributed by atoms with van der Waals surface area (Å²) in [6.07, 6.45) is 7.99. The molecule has 0 unspecified atom stereocenters. The molecule has 0 saturated heterocycles. The van der Waals surface area contributed by atoms with E-state index in [1.807, 2.05) is 31.2 Å². The molecule has 0 amide bonds. The molecule has 0 aliphatic rings. The van der Waals surface area contributed by atoms with Gasteiger partial charge in [0.2, 0.25) is 0 Å². The third-order valence-corrected chi connectivity index (χ3v) is 3.29. The first kappa shape index (κ1) is 17.8. The minimum absolute atomic E-state index is 0.295. The van der Waals surface area contributed by atoms with Crippen molar-refractivity contribution in [3.05, 3.63) is 72.0 Å². The zero-order valence-electron chi connectivity index (χ0n) is 13.5. The van der Waals surface area contributed by atoms with Crippen LogP contribution in [0.3, 0.4) is 0 Å². The summed E-state index contributed by atoms with van der Waals surface area (Å²) in [5, 5.41) is 3.39. The Balaban J connectivity index is 2.92. The molecule has 3 heteroatoms. The predicted octanol–water partition coefficient (Wildman–Crippen LogP) is 4.14. The number of methoxy groups -OCH3 is 1. The normalized spacial score (nSPS) is 11.9.